The lowest BCUT2D eigenvalue weighted by Crippen LogP contribution is -2.48. The molecule has 1 aliphatic rings. The van der Waals surface area contributed by atoms with E-state index in [2.05, 4.69) is 23.5 Å². The highest BCUT2D eigenvalue weighted by atomic mass is 32.2. The normalized spacial score (nSPS) is 15.5. The van der Waals surface area contributed by atoms with Crippen LogP contribution in [0.4, 0.5) is 5.69 Å². The van der Waals surface area contributed by atoms with E-state index in [9.17, 15) is 13.2 Å². The van der Waals surface area contributed by atoms with Crippen molar-refractivity contribution >= 4 is 21.6 Å². The summed E-state index contributed by atoms with van der Waals surface area (Å²) in [5, 5.41) is 3.06. The van der Waals surface area contributed by atoms with Gasteiger partial charge < -0.3 is 10.1 Å². The Kier molecular flexibility index (Phi) is 7.26. The molecular formula is C24H32N2O4S. The number of ether oxygens (including phenoxy) is 1. The van der Waals surface area contributed by atoms with Crippen molar-refractivity contribution in [1.29, 1.82) is 0 Å². The van der Waals surface area contributed by atoms with Gasteiger partial charge in [-0.25, -0.2) is 8.42 Å². The average Bonchev–Trinajstić information content (AvgIpc) is 2.76. The van der Waals surface area contributed by atoms with Crippen LogP contribution in [0.1, 0.15) is 55.8 Å². The van der Waals surface area contributed by atoms with Crippen molar-refractivity contribution in [3.05, 3.63) is 59.2 Å². The molecule has 1 N–H and O–H groups in total. The van der Waals surface area contributed by atoms with Gasteiger partial charge >= 0.3 is 0 Å². The summed E-state index contributed by atoms with van der Waals surface area (Å²) >= 11 is 0. The number of fused-ring (bicyclic) bond motifs is 1. The number of carbonyl (C=O) groups is 1. The van der Waals surface area contributed by atoms with Gasteiger partial charge in [0.25, 0.3) is 0 Å². The molecule has 7 heteroatoms. The maximum Gasteiger partial charge on any atom is 0.244 e. The second-order valence-electron chi connectivity index (χ2n) is 8.14. The molecule has 0 spiro atoms. The number of carbonyl (C=O) groups excluding carboxylic acids is 1. The number of rotatable bonds is 8. The molecule has 2 atom stereocenters. The number of hydrogen-bond donors (Lipinski definition) is 1. The van der Waals surface area contributed by atoms with E-state index >= 15 is 0 Å². The van der Waals surface area contributed by atoms with Gasteiger partial charge in [-0.3, -0.25) is 9.10 Å². The maximum atomic E-state index is 13.1. The van der Waals surface area contributed by atoms with Crippen molar-refractivity contribution in [2.75, 3.05) is 17.7 Å². The fourth-order valence-corrected chi connectivity index (χ4v) is 5.40. The fraction of sp³-hybridized carbons (Fsp3) is 0.458. The molecule has 3 rings (SSSR count). The number of nitrogens with one attached hydrogen (secondary N) is 1. The molecule has 0 radical (unpaired) electrons. The summed E-state index contributed by atoms with van der Waals surface area (Å²) in [4.78, 5) is 13.1. The first-order valence-electron chi connectivity index (χ1n) is 10.8. The van der Waals surface area contributed by atoms with Crippen LogP contribution in [0.5, 0.6) is 5.75 Å². The van der Waals surface area contributed by atoms with Crippen LogP contribution in [0.3, 0.4) is 0 Å². The quantitative estimate of drug-likeness (QED) is 0.668. The Bertz CT molecular complexity index is 1020. The molecule has 1 amide bonds. The zero-order chi connectivity index (χ0) is 22.6. The number of amides is 1. The fourth-order valence-electron chi connectivity index (χ4n) is 4.22. The van der Waals surface area contributed by atoms with Crippen LogP contribution in [0.2, 0.25) is 0 Å². The van der Waals surface area contributed by atoms with Gasteiger partial charge in [-0.2, -0.15) is 0 Å². The molecule has 0 aromatic heterocycles. The Morgan fingerprint density at radius 1 is 1.10 bits per heavy atom. The van der Waals surface area contributed by atoms with Gasteiger partial charge in [-0.15, -0.1) is 0 Å². The summed E-state index contributed by atoms with van der Waals surface area (Å²) in [6.07, 6.45) is 6.44. The topological polar surface area (TPSA) is 75.7 Å². The Labute approximate surface area is 185 Å². The molecule has 31 heavy (non-hydrogen) atoms. The number of methoxy groups -OCH3 is 1. The lowest BCUT2D eigenvalue weighted by atomic mass is 9.88. The zero-order valence-electron chi connectivity index (χ0n) is 18.7. The van der Waals surface area contributed by atoms with Gasteiger partial charge in [0.15, 0.2) is 0 Å². The molecule has 0 unspecified atom stereocenters. The molecule has 6 nitrogen and oxygen atoms in total. The summed E-state index contributed by atoms with van der Waals surface area (Å²) in [5.41, 5.74) is 4.25. The van der Waals surface area contributed by atoms with Gasteiger partial charge in [0.05, 0.1) is 25.1 Å². The Morgan fingerprint density at radius 3 is 2.32 bits per heavy atom. The second kappa shape index (κ2) is 9.73. The third-order valence-corrected chi connectivity index (χ3v) is 7.16. The van der Waals surface area contributed by atoms with Crippen molar-refractivity contribution in [3.63, 3.8) is 0 Å². The van der Waals surface area contributed by atoms with Crippen LogP contribution >= 0.6 is 0 Å². The van der Waals surface area contributed by atoms with Crippen LogP contribution in [-0.2, 0) is 27.7 Å². The SMILES string of the molecule is CC[C@@H](NC(=O)[C@H](C)N(c1ccc(OC)cc1)S(C)(=O)=O)c1ccc2c(c1)CCCC2. The number of nitrogens with zero attached hydrogens (tertiary/aromatic N) is 1. The lowest BCUT2D eigenvalue weighted by Gasteiger charge is -2.30. The monoisotopic (exact) mass is 444 g/mol. The number of benzene rings is 2. The third kappa shape index (κ3) is 5.39. The highest BCUT2D eigenvalue weighted by Gasteiger charge is 2.30. The molecule has 168 valence electrons. The average molecular weight is 445 g/mol. The summed E-state index contributed by atoms with van der Waals surface area (Å²) in [6.45, 7) is 3.63. The minimum Gasteiger partial charge on any atom is -0.497 e. The predicted molar refractivity (Wildman–Crippen MR) is 124 cm³/mol. The van der Waals surface area contributed by atoms with E-state index in [4.69, 9.17) is 4.74 Å². The lowest BCUT2D eigenvalue weighted by molar-refractivity contribution is -0.122. The molecule has 2 aromatic rings. The van der Waals surface area contributed by atoms with Crippen LogP contribution in [0, 0.1) is 0 Å². The third-order valence-electron chi connectivity index (χ3n) is 5.92. The standard InChI is InChI=1S/C24H32N2O4S/c1-5-23(20-11-10-18-8-6-7-9-19(18)16-20)25-24(27)17(2)26(31(4,28)29)21-12-14-22(30-3)15-13-21/h10-17,23H,5-9H2,1-4H3,(H,25,27)/t17-,23+/m0/s1. The van der Waals surface area contributed by atoms with Crippen LogP contribution < -0.4 is 14.4 Å². The van der Waals surface area contributed by atoms with Gasteiger partial charge in [0.2, 0.25) is 15.9 Å². The minimum absolute atomic E-state index is 0.167. The van der Waals surface area contributed by atoms with E-state index in [1.807, 2.05) is 6.92 Å². The van der Waals surface area contributed by atoms with Gasteiger partial charge in [0, 0.05) is 0 Å². The highest BCUT2D eigenvalue weighted by molar-refractivity contribution is 7.92. The molecule has 1 aliphatic carbocycles. The van der Waals surface area contributed by atoms with Crippen molar-refractivity contribution in [2.24, 2.45) is 0 Å². The summed E-state index contributed by atoms with van der Waals surface area (Å²) in [5.74, 6) is 0.290. The van der Waals surface area contributed by atoms with Crippen molar-refractivity contribution in [2.45, 2.75) is 58.0 Å². The summed E-state index contributed by atoms with van der Waals surface area (Å²) in [6, 6.07) is 12.0. The molecule has 0 bridgehead atoms. The molecule has 0 aliphatic heterocycles. The number of hydrogen-bond acceptors (Lipinski definition) is 4. The first-order valence-corrected chi connectivity index (χ1v) is 12.6. The second-order valence-corrected chi connectivity index (χ2v) is 10.00. The smallest absolute Gasteiger partial charge is 0.244 e. The Morgan fingerprint density at radius 2 is 1.74 bits per heavy atom. The van der Waals surface area contributed by atoms with E-state index in [-0.39, 0.29) is 11.9 Å². The zero-order valence-corrected chi connectivity index (χ0v) is 19.5. The largest absolute Gasteiger partial charge is 0.497 e. The molecular weight excluding hydrogens is 412 g/mol. The Balaban J connectivity index is 1.81. The summed E-state index contributed by atoms with van der Waals surface area (Å²) in [7, 11) is -2.12. The van der Waals surface area contributed by atoms with Gasteiger partial charge in [0.1, 0.15) is 11.8 Å². The highest BCUT2D eigenvalue weighted by Crippen LogP contribution is 2.27. The number of anilines is 1. The number of sulfonamides is 1. The Hall–Kier alpha value is -2.54. The van der Waals surface area contributed by atoms with Crippen molar-refractivity contribution in [3.8, 4) is 5.75 Å². The van der Waals surface area contributed by atoms with Gasteiger partial charge in [-0.05, 0) is 80.0 Å². The molecule has 0 heterocycles. The van der Waals surface area contributed by atoms with E-state index < -0.39 is 16.1 Å². The molecule has 0 fully saturated rings. The first kappa shape index (κ1) is 23.1. The van der Waals surface area contributed by atoms with E-state index in [0.29, 0.717) is 11.4 Å². The number of aryl methyl sites for hydroxylation is 2. The van der Waals surface area contributed by atoms with Gasteiger partial charge in [-0.1, -0.05) is 25.1 Å². The van der Waals surface area contributed by atoms with Crippen molar-refractivity contribution in [1.82, 2.24) is 5.32 Å². The molecule has 0 saturated heterocycles. The summed E-state index contributed by atoms with van der Waals surface area (Å²) < 4.78 is 31.4. The maximum absolute atomic E-state index is 13.1. The van der Waals surface area contributed by atoms with Crippen LogP contribution in [0.15, 0.2) is 42.5 Å². The van der Waals surface area contributed by atoms with E-state index in [1.165, 1.54) is 24.0 Å². The molecule has 2 aromatic carbocycles. The predicted octanol–water partition coefficient (Wildman–Crippen LogP) is 4.00. The minimum atomic E-state index is -3.67. The first-order chi connectivity index (χ1) is 14.7. The molecule has 0 saturated carbocycles. The van der Waals surface area contributed by atoms with E-state index in [0.717, 1.165) is 35.4 Å². The van der Waals surface area contributed by atoms with Crippen LogP contribution in [0.25, 0.3) is 0 Å². The van der Waals surface area contributed by atoms with Crippen molar-refractivity contribution < 1.29 is 17.9 Å². The van der Waals surface area contributed by atoms with Crippen LogP contribution in [-0.4, -0.2) is 33.7 Å². The van der Waals surface area contributed by atoms with E-state index in [1.54, 1.807) is 38.3 Å².